The normalized spacial score (nSPS) is 20.8. The van der Waals surface area contributed by atoms with Gasteiger partial charge in [-0.3, -0.25) is 0 Å². The summed E-state index contributed by atoms with van der Waals surface area (Å²) in [6.07, 6.45) is 6.45. The Morgan fingerprint density at radius 3 is 2.10 bits per heavy atom. The first-order valence-electron chi connectivity index (χ1n) is 3.18. The van der Waals surface area contributed by atoms with E-state index in [1.807, 2.05) is 24.3 Å². The smallest absolute Gasteiger partial charge is 0.158 e. The van der Waals surface area contributed by atoms with Crippen LogP contribution in [0, 0.1) is 5.92 Å². The van der Waals surface area contributed by atoms with Gasteiger partial charge in [0.25, 0.3) is 0 Å². The van der Waals surface area contributed by atoms with Crippen molar-refractivity contribution in [3.63, 3.8) is 0 Å². The molecule has 3 heteroatoms. The van der Waals surface area contributed by atoms with Gasteiger partial charge in [-0.25, -0.2) is 0 Å². The quantitative estimate of drug-likeness (QED) is 0.447. The van der Waals surface area contributed by atoms with Crippen molar-refractivity contribution >= 4 is 9.24 Å². The fourth-order valence-electron chi connectivity index (χ4n) is 0.904. The summed E-state index contributed by atoms with van der Waals surface area (Å²) in [6.45, 7) is 0. The van der Waals surface area contributed by atoms with Gasteiger partial charge in [0.05, 0.1) is 0 Å². The van der Waals surface area contributed by atoms with Crippen molar-refractivity contribution in [2.24, 2.45) is 5.92 Å². The Bertz CT molecular complexity index is 151. The Morgan fingerprint density at radius 2 is 1.70 bits per heavy atom. The second-order valence-electron chi connectivity index (χ2n) is 2.34. The molecular weight excluding hydrogens is 147 g/mol. The van der Waals surface area contributed by atoms with Crippen molar-refractivity contribution in [1.29, 1.82) is 0 Å². The molecule has 0 heterocycles. The third kappa shape index (κ3) is 1.66. The number of aliphatic hydroxyl groups is 2. The van der Waals surface area contributed by atoms with Gasteiger partial charge in [0.2, 0.25) is 0 Å². The van der Waals surface area contributed by atoms with Crippen LogP contribution in [0.4, 0.5) is 0 Å². The second kappa shape index (κ2) is 3.29. The van der Waals surface area contributed by atoms with E-state index >= 15 is 0 Å². The molecule has 1 rings (SSSR count). The maximum atomic E-state index is 8.75. The van der Waals surface area contributed by atoms with Crippen molar-refractivity contribution in [2.45, 2.75) is 11.9 Å². The van der Waals surface area contributed by atoms with Crippen LogP contribution < -0.4 is 0 Å². The molecule has 0 bridgehead atoms. The summed E-state index contributed by atoms with van der Waals surface area (Å²) in [4.78, 5) is 0. The van der Waals surface area contributed by atoms with E-state index in [1.54, 1.807) is 0 Å². The minimum atomic E-state index is -1.25. The third-order valence-corrected chi connectivity index (χ3v) is 2.36. The highest BCUT2D eigenvalue weighted by molar-refractivity contribution is 7.17. The van der Waals surface area contributed by atoms with Crippen LogP contribution in [0.25, 0.3) is 0 Å². The van der Waals surface area contributed by atoms with Crippen LogP contribution in [-0.2, 0) is 0 Å². The van der Waals surface area contributed by atoms with Gasteiger partial charge in [-0.05, 0) is 0 Å². The monoisotopic (exact) mass is 158 g/mol. The highest BCUT2D eigenvalue weighted by Crippen LogP contribution is 2.22. The van der Waals surface area contributed by atoms with E-state index in [2.05, 4.69) is 9.24 Å². The van der Waals surface area contributed by atoms with Crippen molar-refractivity contribution in [1.82, 2.24) is 0 Å². The maximum Gasteiger partial charge on any atom is 0.158 e. The topological polar surface area (TPSA) is 40.5 Å². The molecule has 0 amide bonds. The molecule has 2 atom stereocenters. The average molecular weight is 158 g/mol. The molecule has 0 saturated carbocycles. The molecule has 0 aromatic rings. The zero-order valence-corrected chi connectivity index (χ0v) is 6.67. The first-order chi connectivity index (χ1) is 4.72. The van der Waals surface area contributed by atoms with E-state index in [9.17, 15) is 0 Å². The Morgan fingerprint density at radius 1 is 1.20 bits per heavy atom. The highest BCUT2D eigenvalue weighted by Gasteiger charge is 2.19. The number of aliphatic hydroxyl groups excluding tert-OH is 1. The Balaban J connectivity index is 2.49. The lowest BCUT2D eigenvalue weighted by atomic mass is 10.1. The van der Waals surface area contributed by atoms with E-state index in [0.29, 0.717) is 0 Å². The summed E-state index contributed by atoms with van der Waals surface area (Å²) in [5.41, 5.74) is -0.185. The average Bonchev–Trinajstić information content (AvgIpc) is 2.36. The molecule has 1 aliphatic carbocycles. The van der Waals surface area contributed by atoms with Crippen LogP contribution in [-0.4, -0.2) is 22.2 Å². The standard InChI is InChI=1S/C7H11O2P/c8-7(9)6(10)5-3-1-2-4-5/h1-9H,10H2. The van der Waals surface area contributed by atoms with Crippen molar-refractivity contribution in [2.75, 3.05) is 0 Å². The molecule has 0 aromatic heterocycles. The van der Waals surface area contributed by atoms with Gasteiger partial charge in [0, 0.05) is 11.6 Å². The lowest BCUT2D eigenvalue weighted by Crippen LogP contribution is -2.24. The lowest BCUT2D eigenvalue weighted by Gasteiger charge is -2.16. The van der Waals surface area contributed by atoms with E-state index < -0.39 is 6.29 Å². The first kappa shape index (κ1) is 7.93. The Hall–Kier alpha value is -0.170. The van der Waals surface area contributed by atoms with Gasteiger partial charge in [-0.2, -0.15) is 0 Å². The fraction of sp³-hybridized carbons (Fsp3) is 0.429. The second-order valence-corrected chi connectivity index (χ2v) is 3.11. The van der Waals surface area contributed by atoms with Crippen molar-refractivity contribution in [3.8, 4) is 0 Å². The predicted octanol–water partition coefficient (Wildman–Crippen LogP) is 0.283. The Kier molecular flexibility index (Phi) is 2.61. The van der Waals surface area contributed by atoms with Crippen molar-refractivity contribution < 1.29 is 10.2 Å². The molecule has 1 aliphatic rings. The largest absolute Gasteiger partial charge is 0.368 e. The summed E-state index contributed by atoms with van der Waals surface area (Å²) in [5.74, 6) is 0.157. The molecule has 0 fully saturated rings. The van der Waals surface area contributed by atoms with Crippen LogP contribution in [0.3, 0.4) is 0 Å². The van der Waals surface area contributed by atoms with E-state index in [0.717, 1.165) is 0 Å². The maximum absolute atomic E-state index is 8.75. The van der Waals surface area contributed by atoms with Gasteiger partial charge in [-0.15, -0.1) is 9.24 Å². The zero-order valence-electron chi connectivity index (χ0n) is 5.51. The molecule has 10 heavy (non-hydrogen) atoms. The molecule has 2 nitrogen and oxygen atoms in total. The predicted molar refractivity (Wildman–Crippen MR) is 43.5 cm³/mol. The molecule has 2 unspecified atom stereocenters. The summed E-state index contributed by atoms with van der Waals surface area (Å²) < 4.78 is 0. The summed E-state index contributed by atoms with van der Waals surface area (Å²) in [7, 11) is 2.42. The van der Waals surface area contributed by atoms with E-state index in [4.69, 9.17) is 10.2 Å². The molecule has 2 N–H and O–H groups in total. The lowest BCUT2D eigenvalue weighted by molar-refractivity contribution is -0.0441. The van der Waals surface area contributed by atoms with Crippen LogP contribution in [0.2, 0.25) is 0 Å². The van der Waals surface area contributed by atoms with Gasteiger partial charge in [-0.1, -0.05) is 24.3 Å². The van der Waals surface area contributed by atoms with Crippen LogP contribution in [0.15, 0.2) is 24.3 Å². The van der Waals surface area contributed by atoms with Gasteiger partial charge < -0.3 is 10.2 Å². The molecule has 0 spiro atoms. The zero-order chi connectivity index (χ0) is 7.56. The number of hydrogen-bond acceptors (Lipinski definition) is 2. The van der Waals surface area contributed by atoms with E-state index in [1.165, 1.54) is 0 Å². The molecular formula is C7H11O2P. The van der Waals surface area contributed by atoms with Gasteiger partial charge >= 0.3 is 0 Å². The molecule has 0 radical (unpaired) electrons. The molecule has 0 aromatic carbocycles. The van der Waals surface area contributed by atoms with Crippen LogP contribution in [0.1, 0.15) is 0 Å². The number of rotatable bonds is 2. The van der Waals surface area contributed by atoms with Crippen LogP contribution >= 0.6 is 9.24 Å². The van der Waals surface area contributed by atoms with Gasteiger partial charge in [0.1, 0.15) is 0 Å². The number of hydrogen-bond donors (Lipinski definition) is 2. The minimum absolute atomic E-state index is 0.157. The summed E-state index contributed by atoms with van der Waals surface area (Å²) >= 11 is 0. The molecule has 0 aliphatic heterocycles. The van der Waals surface area contributed by atoms with Crippen molar-refractivity contribution in [3.05, 3.63) is 24.3 Å². The number of allylic oxidation sites excluding steroid dienone is 4. The summed E-state index contributed by atoms with van der Waals surface area (Å²) in [6, 6.07) is 0. The molecule has 56 valence electrons. The Labute approximate surface area is 62.5 Å². The van der Waals surface area contributed by atoms with E-state index in [-0.39, 0.29) is 11.6 Å². The highest BCUT2D eigenvalue weighted by atomic mass is 31.0. The molecule has 0 saturated heterocycles. The third-order valence-electron chi connectivity index (χ3n) is 1.57. The fourth-order valence-corrected chi connectivity index (χ4v) is 1.16. The first-order valence-corrected chi connectivity index (χ1v) is 3.85. The minimum Gasteiger partial charge on any atom is -0.368 e. The van der Waals surface area contributed by atoms with Gasteiger partial charge in [0.15, 0.2) is 6.29 Å². The van der Waals surface area contributed by atoms with Crippen LogP contribution in [0.5, 0.6) is 0 Å². The summed E-state index contributed by atoms with van der Waals surface area (Å²) in [5, 5.41) is 17.5. The SMILES string of the molecule is OC(O)C(P)C1C=CC=C1.